The van der Waals surface area contributed by atoms with Crippen molar-refractivity contribution in [3.63, 3.8) is 0 Å². The van der Waals surface area contributed by atoms with Crippen molar-refractivity contribution in [2.45, 2.75) is 0 Å². The van der Waals surface area contributed by atoms with E-state index in [1.807, 2.05) is 36.4 Å². The number of aromatic nitrogens is 1. The standard InChI is InChI=1S/C52H32NOP/c54-55(36-22-8-3-9-23-36)47-29-13-11-25-38(47)43-30-42-37-24-10-12-28-44(37)53(45(42)32-48(43)55)46-31-41(33-16-4-1-5-17-33)51-39-26-14-20-34-21-15-27-40(49(34)39)52(51)50(46)35-18-6-2-7-19-35/h1-32H. The molecule has 1 aliphatic carbocycles. The second-order valence-electron chi connectivity index (χ2n) is 14.7. The molecule has 1 aromatic heterocycles. The van der Waals surface area contributed by atoms with E-state index in [1.165, 1.54) is 55.1 Å². The summed E-state index contributed by atoms with van der Waals surface area (Å²) < 4.78 is 18.3. The van der Waals surface area contributed by atoms with E-state index in [2.05, 4.69) is 162 Å². The van der Waals surface area contributed by atoms with Crippen molar-refractivity contribution in [1.82, 2.24) is 4.57 Å². The van der Waals surface area contributed by atoms with E-state index in [0.29, 0.717) is 0 Å². The van der Waals surface area contributed by atoms with Gasteiger partial charge in [-0.05, 0) is 79.5 Å². The Hall–Kier alpha value is -6.73. The summed E-state index contributed by atoms with van der Waals surface area (Å²) in [6, 6.07) is 69.3. The largest absolute Gasteiger partial charge is 0.309 e. The Kier molecular flexibility index (Phi) is 6.36. The van der Waals surface area contributed by atoms with Crippen LogP contribution in [0.5, 0.6) is 0 Å². The maximum absolute atomic E-state index is 15.9. The van der Waals surface area contributed by atoms with Crippen LogP contribution in [0.15, 0.2) is 194 Å². The van der Waals surface area contributed by atoms with Gasteiger partial charge in [-0.3, -0.25) is 0 Å². The Labute approximate surface area is 319 Å². The lowest BCUT2D eigenvalue weighted by Crippen LogP contribution is -2.20. The molecule has 2 heterocycles. The molecule has 0 fully saturated rings. The molecule has 55 heavy (non-hydrogen) atoms. The molecule has 2 aliphatic rings. The Bertz CT molecular complexity index is 3270. The van der Waals surface area contributed by atoms with Gasteiger partial charge in [-0.25, -0.2) is 0 Å². The molecule has 0 saturated carbocycles. The minimum absolute atomic E-state index is 0.864. The number of rotatable bonds is 4. The summed E-state index contributed by atoms with van der Waals surface area (Å²) in [7, 11) is -3.18. The first kappa shape index (κ1) is 30.7. The number of benzene rings is 9. The Morgan fingerprint density at radius 2 is 1.00 bits per heavy atom. The Morgan fingerprint density at radius 1 is 0.382 bits per heavy atom. The van der Waals surface area contributed by atoms with Crippen LogP contribution >= 0.6 is 7.14 Å². The predicted octanol–water partition coefficient (Wildman–Crippen LogP) is 12.5. The van der Waals surface area contributed by atoms with Gasteiger partial charge in [0.2, 0.25) is 0 Å². The van der Waals surface area contributed by atoms with Crippen LogP contribution in [0.4, 0.5) is 0 Å². The number of para-hydroxylation sites is 1. The van der Waals surface area contributed by atoms with Crippen molar-refractivity contribution >= 4 is 55.6 Å². The van der Waals surface area contributed by atoms with Crippen molar-refractivity contribution in [1.29, 1.82) is 0 Å². The van der Waals surface area contributed by atoms with Crippen molar-refractivity contribution in [3.8, 4) is 61.3 Å². The third-order valence-corrected chi connectivity index (χ3v) is 15.1. The molecule has 2 nitrogen and oxygen atoms in total. The van der Waals surface area contributed by atoms with Crippen LogP contribution in [-0.4, -0.2) is 4.57 Å². The molecule has 3 heteroatoms. The van der Waals surface area contributed by atoms with Crippen LogP contribution in [0.1, 0.15) is 0 Å². The van der Waals surface area contributed by atoms with Crippen LogP contribution < -0.4 is 15.9 Å². The van der Waals surface area contributed by atoms with E-state index in [-0.39, 0.29) is 0 Å². The third-order valence-electron chi connectivity index (χ3n) is 11.9. The van der Waals surface area contributed by atoms with Crippen molar-refractivity contribution in [3.05, 3.63) is 194 Å². The van der Waals surface area contributed by atoms with Crippen LogP contribution in [0, 0.1) is 0 Å². The summed E-state index contributed by atoms with van der Waals surface area (Å²) in [6.45, 7) is 0. The molecule has 12 rings (SSSR count). The second kappa shape index (κ2) is 11.4. The summed E-state index contributed by atoms with van der Waals surface area (Å²) >= 11 is 0. The van der Waals surface area contributed by atoms with Crippen LogP contribution in [0.3, 0.4) is 0 Å². The molecule has 1 atom stereocenters. The number of hydrogen-bond donors (Lipinski definition) is 0. The molecule has 0 saturated heterocycles. The number of nitrogens with zero attached hydrogens (tertiary/aromatic N) is 1. The highest BCUT2D eigenvalue weighted by molar-refractivity contribution is 7.86. The average molecular weight is 718 g/mol. The van der Waals surface area contributed by atoms with Gasteiger partial charge < -0.3 is 9.13 Å². The molecule has 1 aliphatic heterocycles. The normalized spacial score (nSPS) is 15.1. The lowest BCUT2D eigenvalue weighted by Gasteiger charge is -2.22. The fourth-order valence-corrected chi connectivity index (χ4v) is 12.7. The fourth-order valence-electron chi connectivity index (χ4n) is 9.66. The molecule has 0 radical (unpaired) electrons. The molecule has 0 N–H and O–H groups in total. The lowest BCUT2D eigenvalue weighted by atomic mass is 9.86. The summed E-state index contributed by atoms with van der Waals surface area (Å²) in [5, 5.41) is 7.55. The zero-order valence-electron chi connectivity index (χ0n) is 29.8. The molecule has 0 bridgehead atoms. The van der Waals surface area contributed by atoms with Gasteiger partial charge >= 0.3 is 0 Å². The molecular weight excluding hydrogens is 686 g/mol. The smallest absolute Gasteiger partial charge is 0.172 e. The first-order valence-electron chi connectivity index (χ1n) is 18.9. The van der Waals surface area contributed by atoms with E-state index in [9.17, 15) is 0 Å². The molecule has 9 aromatic carbocycles. The summed E-state index contributed by atoms with van der Waals surface area (Å²) in [5.41, 5.74) is 15.2. The van der Waals surface area contributed by atoms with Crippen molar-refractivity contribution in [2.75, 3.05) is 0 Å². The maximum Gasteiger partial charge on any atom is 0.172 e. The van der Waals surface area contributed by atoms with Gasteiger partial charge in [-0.2, -0.15) is 0 Å². The fraction of sp³-hybridized carbons (Fsp3) is 0. The minimum Gasteiger partial charge on any atom is -0.309 e. The van der Waals surface area contributed by atoms with E-state index in [4.69, 9.17) is 0 Å². The number of hydrogen-bond acceptors (Lipinski definition) is 1. The minimum atomic E-state index is -3.18. The molecule has 1 unspecified atom stereocenters. The molecule has 256 valence electrons. The van der Waals surface area contributed by atoms with Gasteiger partial charge in [-0.15, -0.1) is 0 Å². The molecule has 10 aromatic rings. The van der Waals surface area contributed by atoms with Crippen molar-refractivity contribution < 1.29 is 4.57 Å². The Morgan fingerprint density at radius 3 is 1.76 bits per heavy atom. The summed E-state index contributed by atoms with van der Waals surface area (Å²) in [6.07, 6.45) is 0. The first-order chi connectivity index (χ1) is 27.2. The van der Waals surface area contributed by atoms with Crippen LogP contribution in [0.2, 0.25) is 0 Å². The first-order valence-corrected chi connectivity index (χ1v) is 20.6. The highest BCUT2D eigenvalue weighted by Gasteiger charge is 2.41. The topological polar surface area (TPSA) is 22.0 Å². The van der Waals surface area contributed by atoms with Gasteiger partial charge in [0.15, 0.2) is 7.14 Å². The second-order valence-corrected chi connectivity index (χ2v) is 17.4. The summed E-state index contributed by atoms with van der Waals surface area (Å²) in [5.74, 6) is 0. The van der Waals surface area contributed by atoms with Crippen LogP contribution in [-0.2, 0) is 4.57 Å². The zero-order chi connectivity index (χ0) is 36.3. The predicted molar refractivity (Wildman–Crippen MR) is 232 cm³/mol. The van der Waals surface area contributed by atoms with Gasteiger partial charge in [0.25, 0.3) is 0 Å². The van der Waals surface area contributed by atoms with Gasteiger partial charge in [-0.1, -0.05) is 170 Å². The quantitative estimate of drug-likeness (QED) is 0.166. The Balaban J connectivity index is 1.27. The van der Waals surface area contributed by atoms with Crippen LogP contribution in [0.25, 0.3) is 93.9 Å². The molecule has 0 amide bonds. The van der Waals surface area contributed by atoms with E-state index >= 15 is 4.57 Å². The van der Waals surface area contributed by atoms with Crippen molar-refractivity contribution in [2.24, 2.45) is 0 Å². The SMILES string of the molecule is O=P1(c2ccccc2)c2ccccc2-c2cc3c4ccccc4n(-c4cc(-c5ccccc5)c5c(c4-c4ccccc4)-c4cccc6cccc-5c46)c3cc21. The van der Waals surface area contributed by atoms with E-state index < -0.39 is 7.14 Å². The average Bonchev–Trinajstić information content (AvgIpc) is 3.85. The molecular formula is C52H32NOP. The van der Waals surface area contributed by atoms with E-state index in [1.54, 1.807) is 0 Å². The lowest BCUT2D eigenvalue weighted by molar-refractivity contribution is 0.593. The highest BCUT2D eigenvalue weighted by Crippen LogP contribution is 2.58. The van der Waals surface area contributed by atoms with Gasteiger partial charge in [0.1, 0.15) is 0 Å². The summed E-state index contributed by atoms with van der Waals surface area (Å²) in [4.78, 5) is 0. The molecule has 0 spiro atoms. The highest BCUT2D eigenvalue weighted by atomic mass is 31.2. The monoisotopic (exact) mass is 717 g/mol. The van der Waals surface area contributed by atoms with Gasteiger partial charge in [0.05, 0.1) is 16.7 Å². The number of fused-ring (bicyclic) bond motifs is 9. The van der Waals surface area contributed by atoms with E-state index in [0.717, 1.165) is 54.7 Å². The maximum atomic E-state index is 15.9. The van der Waals surface area contributed by atoms with Gasteiger partial charge in [0, 0.05) is 37.8 Å². The third kappa shape index (κ3) is 4.12. The zero-order valence-corrected chi connectivity index (χ0v) is 30.7.